The molecule has 1 saturated heterocycles. The summed E-state index contributed by atoms with van der Waals surface area (Å²) in [5, 5.41) is 12.5. The molecule has 1 atom stereocenters. The molecule has 34 heavy (non-hydrogen) atoms. The van der Waals surface area contributed by atoms with Gasteiger partial charge in [0.05, 0.1) is 12.6 Å². The van der Waals surface area contributed by atoms with Gasteiger partial charge in [-0.05, 0) is 67.9 Å². The maximum absolute atomic E-state index is 13.2. The molecule has 1 aliphatic heterocycles. The topological polar surface area (TPSA) is 55.8 Å². The van der Waals surface area contributed by atoms with E-state index in [9.17, 15) is 9.90 Å². The van der Waals surface area contributed by atoms with Gasteiger partial charge in [0.1, 0.15) is 0 Å². The van der Waals surface area contributed by atoms with Gasteiger partial charge >= 0.3 is 29.6 Å². The zero-order valence-electron chi connectivity index (χ0n) is 20.0. The van der Waals surface area contributed by atoms with Crippen molar-refractivity contribution in [3.63, 3.8) is 0 Å². The summed E-state index contributed by atoms with van der Waals surface area (Å²) in [7, 11) is 2.14. The second-order valence-electron chi connectivity index (χ2n) is 8.53. The minimum Gasteiger partial charge on any atom is -0.391 e. The Balaban J connectivity index is 0.00000204. The Morgan fingerprint density at radius 2 is 1.82 bits per heavy atom. The summed E-state index contributed by atoms with van der Waals surface area (Å²) in [5.74, 6) is -0.0462. The molecular formula is C26H35BN3NaO2S. The zero-order valence-corrected chi connectivity index (χ0v) is 22.8. The van der Waals surface area contributed by atoms with Crippen LogP contribution in [0.2, 0.25) is 0 Å². The van der Waals surface area contributed by atoms with Crippen molar-refractivity contribution in [2.75, 3.05) is 38.1 Å². The number of aryl methyl sites for hydroxylation is 1. The molecule has 2 heterocycles. The van der Waals surface area contributed by atoms with Crippen LogP contribution < -0.4 is 39.8 Å². The molecule has 1 amide bonds. The molecule has 1 fully saturated rings. The van der Waals surface area contributed by atoms with Crippen molar-refractivity contribution < 1.29 is 39.5 Å². The van der Waals surface area contributed by atoms with Gasteiger partial charge in [-0.2, -0.15) is 0 Å². The van der Waals surface area contributed by atoms with E-state index >= 15 is 0 Å². The van der Waals surface area contributed by atoms with Crippen LogP contribution in [0.3, 0.4) is 0 Å². The number of likely N-dealkylation sites (N-methyl/N-ethyl adjacent to an activating group) is 1. The van der Waals surface area contributed by atoms with E-state index < -0.39 is 0 Å². The number of rotatable bonds is 6. The van der Waals surface area contributed by atoms with Crippen molar-refractivity contribution in [3.05, 3.63) is 76.2 Å². The van der Waals surface area contributed by atoms with Crippen LogP contribution in [0.15, 0.2) is 54.6 Å². The predicted molar refractivity (Wildman–Crippen MR) is 144 cm³/mol. The molecule has 0 unspecified atom stereocenters. The molecule has 0 radical (unpaired) electrons. The van der Waals surface area contributed by atoms with Gasteiger partial charge in [0.25, 0.3) is 5.91 Å². The van der Waals surface area contributed by atoms with Crippen molar-refractivity contribution in [1.29, 1.82) is 0 Å². The van der Waals surface area contributed by atoms with Crippen LogP contribution in [0.5, 0.6) is 0 Å². The molecule has 8 heteroatoms. The number of anilines is 1. The number of aliphatic hydroxyl groups excluding tert-OH is 1. The van der Waals surface area contributed by atoms with Crippen LogP contribution in [-0.4, -0.2) is 57.6 Å². The largest absolute Gasteiger partial charge is 1.00 e. The van der Waals surface area contributed by atoms with E-state index in [0.717, 1.165) is 63.9 Å². The zero-order chi connectivity index (χ0) is 22.7. The van der Waals surface area contributed by atoms with E-state index in [4.69, 9.17) is 0 Å². The molecule has 2 aromatic carbocycles. The molecule has 5 nitrogen and oxygen atoms in total. The Morgan fingerprint density at radius 1 is 1.09 bits per heavy atom. The Bertz CT molecular complexity index is 1100. The molecular weight excluding hydrogens is 452 g/mol. The van der Waals surface area contributed by atoms with Gasteiger partial charge in [0.2, 0.25) is 0 Å². The van der Waals surface area contributed by atoms with E-state index in [1.807, 2.05) is 50.2 Å². The third-order valence-electron chi connectivity index (χ3n) is 6.17. The second kappa shape index (κ2) is 12.9. The van der Waals surface area contributed by atoms with Crippen molar-refractivity contribution in [3.8, 4) is 10.4 Å². The number of hydrogen-bond acceptors (Lipinski definition) is 5. The molecule has 0 spiro atoms. The summed E-state index contributed by atoms with van der Waals surface area (Å²) >= 11 is 1.59. The summed E-state index contributed by atoms with van der Waals surface area (Å²) in [6.45, 7) is 8.09. The van der Waals surface area contributed by atoms with Crippen LogP contribution >= 0.6 is 11.3 Å². The Labute approximate surface area is 231 Å². The van der Waals surface area contributed by atoms with Crippen molar-refractivity contribution in [2.45, 2.75) is 26.5 Å². The third kappa shape index (κ3) is 6.75. The van der Waals surface area contributed by atoms with E-state index in [1.165, 1.54) is 0 Å². The van der Waals surface area contributed by atoms with E-state index in [1.54, 1.807) is 11.3 Å². The minimum atomic E-state index is -0.119. The van der Waals surface area contributed by atoms with Gasteiger partial charge < -0.3 is 20.2 Å². The number of hydrogen-bond donors (Lipinski definition) is 2. The molecule has 4 rings (SSSR count). The van der Waals surface area contributed by atoms with Crippen LogP contribution in [0.4, 0.5) is 5.69 Å². The first kappa shape index (κ1) is 28.6. The summed E-state index contributed by atoms with van der Waals surface area (Å²) in [4.78, 5) is 19.9. The summed E-state index contributed by atoms with van der Waals surface area (Å²) in [6.07, 6.45) is 0. The first-order valence-electron chi connectivity index (χ1n) is 11.1. The van der Waals surface area contributed by atoms with Gasteiger partial charge in [0, 0.05) is 47.2 Å². The van der Waals surface area contributed by atoms with Crippen LogP contribution in [0, 0.1) is 6.92 Å². The van der Waals surface area contributed by atoms with E-state index in [2.05, 4.69) is 40.4 Å². The molecule has 3 aromatic rings. The standard InChI is InChI=1S/C26H31N3O2S.BH4.Na/c1-18-7-8-22(29-13-11-28(3)12-14-29)16-24(18)26(31)27-19(2)20-5-4-6-21(15-20)25-10-9-23(17-30)32-25;;/h4-10,15-16,19,30H,11-14,17H2,1-3H3,(H,27,31);1H4;/q;-1;+1/t19-;;/m1../s1. The summed E-state index contributed by atoms with van der Waals surface area (Å²) in [5.41, 5.74) is 4.98. The number of carbonyl (C=O) groups excluding carboxylic acids is 1. The first-order chi connectivity index (χ1) is 15.4. The van der Waals surface area contributed by atoms with Gasteiger partial charge in [-0.25, -0.2) is 0 Å². The van der Waals surface area contributed by atoms with E-state index in [-0.39, 0.29) is 56.5 Å². The van der Waals surface area contributed by atoms with Gasteiger partial charge in [-0.1, -0.05) is 32.7 Å². The van der Waals surface area contributed by atoms with Gasteiger partial charge in [0.15, 0.2) is 0 Å². The molecule has 0 aliphatic carbocycles. The Kier molecular flexibility index (Phi) is 10.9. The number of benzene rings is 2. The SMILES string of the molecule is Cc1ccc(N2CCN(C)CC2)cc1C(=O)N[C@H](C)c1cccc(-c2ccc(CO)s2)c1.[BH4-].[Na+]. The smallest absolute Gasteiger partial charge is 0.391 e. The van der Waals surface area contributed by atoms with Crippen molar-refractivity contribution in [2.24, 2.45) is 0 Å². The quantitative estimate of drug-likeness (QED) is 0.482. The third-order valence-corrected chi connectivity index (χ3v) is 7.29. The second-order valence-corrected chi connectivity index (χ2v) is 9.70. The normalized spacial score (nSPS) is 14.6. The average Bonchev–Trinajstić information content (AvgIpc) is 3.29. The molecule has 0 bridgehead atoms. The molecule has 1 aliphatic rings. The van der Waals surface area contributed by atoms with Crippen molar-refractivity contribution in [1.82, 2.24) is 10.2 Å². The first-order valence-corrected chi connectivity index (χ1v) is 11.9. The maximum Gasteiger partial charge on any atom is 1.00 e. The number of carbonyl (C=O) groups is 1. The van der Waals surface area contributed by atoms with Gasteiger partial charge in [-0.3, -0.25) is 4.79 Å². The monoisotopic (exact) mass is 487 g/mol. The number of nitrogens with one attached hydrogen (secondary N) is 1. The number of aliphatic hydroxyl groups is 1. The molecule has 0 saturated carbocycles. The molecule has 2 N–H and O–H groups in total. The Morgan fingerprint density at radius 3 is 2.50 bits per heavy atom. The van der Waals surface area contributed by atoms with Crippen LogP contribution in [0.1, 0.15) is 39.3 Å². The average molecular weight is 487 g/mol. The van der Waals surface area contributed by atoms with Crippen LogP contribution in [0.25, 0.3) is 10.4 Å². The fourth-order valence-corrected chi connectivity index (χ4v) is 4.92. The van der Waals surface area contributed by atoms with Crippen molar-refractivity contribution >= 4 is 31.3 Å². The van der Waals surface area contributed by atoms with Crippen LogP contribution in [-0.2, 0) is 6.61 Å². The molecule has 176 valence electrons. The van der Waals surface area contributed by atoms with Gasteiger partial charge in [-0.15, -0.1) is 11.3 Å². The maximum atomic E-state index is 13.2. The number of nitrogens with zero attached hydrogens (tertiary/aromatic N) is 2. The molecule has 1 aromatic heterocycles. The number of thiophene rings is 1. The van der Waals surface area contributed by atoms with E-state index in [0.29, 0.717) is 0 Å². The summed E-state index contributed by atoms with van der Waals surface area (Å²) in [6, 6.07) is 18.3. The fourth-order valence-electron chi connectivity index (χ4n) is 4.05. The minimum absolute atomic E-state index is 0. The summed E-state index contributed by atoms with van der Waals surface area (Å²) < 4.78 is 0. The number of piperazine rings is 1. The predicted octanol–water partition coefficient (Wildman–Crippen LogP) is 0.0110. The Hall–Kier alpha value is -1.61. The number of amides is 1. The fraction of sp³-hybridized carbons (Fsp3) is 0.346.